The van der Waals surface area contributed by atoms with Gasteiger partial charge in [0.2, 0.25) is 0 Å². The Morgan fingerprint density at radius 1 is 1.10 bits per heavy atom. The van der Waals surface area contributed by atoms with E-state index in [0.717, 1.165) is 37.4 Å². The third kappa shape index (κ3) is 2.55. The Kier molecular flexibility index (Phi) is 3.97. The lowest BCUT2D eigenvalue weighted by Crippen LogP contribution is -2.36. The number of nitrogens with one attached hydrogen (secondary N) is 1. The zero-order valence-corrected chi connectivity index (χ0v) is 12.2. The maximum Gasteiger partial charge on any atom is 0.161 e. The Bertz CT molecular complexity index is 488. The van der Waals surface area contributed by atoms with Gasteiger partial charge in [0, 0.05) is 12.0 Å². The van der Waals surface area contributed by atoms with Gasteiger partial charge in [0.05, 0.1) is 0 Å². The fourth-order valence-electron chi connectivity index (χ4n) is 3.06. The molecule has 1 heterocycles. The molecule has 0 saturated carbocycles. The highest BCUT2D eigenvalue weighted by Crippen LogP contribution is 2.41. The minimum absolute atomic E-state index is 0.186. The van der Waals surface area contributed by atoms with Gasteiger partial charge in [-0.15, -0.1) is 0 Å². The van der Waals surface area contributed by atoms with E-state index in [1.54, 1.807) is 0 Å². The third-order valence-electron chi connectivity index (χ3n) is 4.23. The summed E-state index contributed by atoms with van der Waals surface area (Å²) in [6, 6.07) is 6.44. The lowest BCUT2D eigenvalue weighted by atomic mass is 9.78. The van der Waals surface area contributed by atoms with E-state index in [1.165, 1.54) is 12.0 Å². The Labute approximate surface area is 121 Å². The van der Waals surface area contributed by atoms with Crippen LogP contribution < -0.4 is 14.8 Å². The largest absolute Gasteiger partial charge is 0.486 e. The molecular formula is C17H23NO2. The van der Waals surface area contributed by atoms with Crippen LogP contribution in [0.15, 0.2) is 30.4 Å². The zero-order valence-electron chi connectivity index (χ0n) is 12.2. The lowest BCUT2D eigenvalue weighted by molar-refractivity contribution is 0.171. The van der Waals surface area contributed by atoms with Crippen LogP contribution in [0, 0.1) is 0 Å². The van der Waals surface area contributed by atoms with Crippen molar-refractivity contribution in [1.82, 2.24) is 5.32 Å². The summed E-state index contributed by atoms with van der Waals surface area (Å²) in [5, 5.41) is 3.58. The second-order valence-corrected chi connectivity index (χ2v) is 5.70. The Hall–Kier alpha value is -1.48. The maximum atomic E-state index is 5.73. The number of hydrogen-bond acceptors (Lipinski definition) is 3. The minimum atomic E-state index is 0.186. The van der Waals surface area contributed by atoms with Gasteiger partial charge in [0.25, 0.3) is 0 Å². The van der Waals surface area contributed by atoms with Crippen LogP contribution in [0.2, 0.25) is 0 Å². The molecular weight excluding hydrogens is 250 g/mol. The number of benzene rings is 1. The van der Waals surface area contributed by atoms with Crippen molar-refractivity contribution in [2.75, 3.05) is 26.3 Å². The average molecular weight is 273 g/mol. The molecule has 0 amide bonds. The second-order valence-electron chi connectivity index (χ2n) is 5.70. The Morgan fingerprint density at radius 2 is 1.85 bits per heavy atom. The van der Waals surface area contributed by atoms with Crippen molar-refractivity contribution in [2.24, 2.45) is 0 Å². The molecule has 1 aliphatic heterocycles. The van der Waals surface area contributed by atoms with Crippen molar-refractivity contribution in [3.63, 3.8) is 0 Å². The molecule has 1 aromatic carbocycles. The summed E-state index contributed by atoms with van der Waals surface area (Å²) < 4.78 is 11.3. The van der Waals surface area contributed by atoms with Gasteiger partial charge in [0.15, 0.2) is 11.5 Å². The van der Waals surface area contributed by atoms with Crippen LogP contribution in [-0.2, 0) is 5.41 Å². The van der Waals surface area contributed by atoms with Crippen molar-refractivity contribution in [3.8, 4) is 11.5 Å². The normalized spacial score (nSPS) is 19.2. The molecule has 0 radical (unpaired) electrons. The first-order valence-electron chi connectivity index (χ1n) is 7.60. The van der Waals surface area contributed by atoms with Gasteiger partial charge in [-0.3, -0.25) is 0 Å². The zero-order chi connectivity index (χ0) is 13.8. The predicted octanol–water partition coefficient (Wildman–Crippen LogP) is 3.05. The summed E-state index contributed by atoms with van der Waals surface area (Å²) in [5.74, 6) is 1.78. The molecule has 1 aliphatic carbocycles. The molecule has 0 unspecified atom stereocenters. The lowest BCUT2D eigenvalue weighted by Gasteiger charge is -2.31. The van der Waals surface area contributed by atoms with Crippen LogP contribution in [0.5, 0.6) is 11.5 Å². The van der Waals surface area contributed by atoms with Crippen LogP contribution in [-0.4, -0.2) is 26.3 Å². The standard InChI is InChI=1S/C17H23NO2/c1-2-9-18-13-17(7-3-4-8-17)14-5-6-15-16(12-14)20-11-10-19-15/h3-6,12,18H,2,7-11,13H2,1H3. The molecule has 0 saturated heterocycles. The van der Waals surface area contributed by atoms with E-state index in [9.17, 15) is 0 Å². The van der Waals surface area contributed by atoms with Gasteiger partial charge in [-0.2, -0.15) is 0 Å². The average Bonchev–Trinajstić information content (AvgIpc) is 2.97. The van der Waals surface area contributed by atoms with Crippen molar-refractivity contribution in [1.29, 1.82) is 0 Å². The molecule has 3 rings (SSSR count). The summed E-state index contributed by atoms with van der Waals surface area (Å²) in [6.45, 7) is 5.60. The quantitative estimate of drug-likeness (QED) is 0.660. The number of ether oxygens (including phenoxy) is 2. The fraction of sp³-hybridized carbons (Fsp3) is 0.529. The van der Waals surface area contributed by atoms with Crippen molar-refractivity contribution < 1.29 is 9.47 Å². The molecule has 0 aromatic heterocycles. The summed E-state index contributed by atoms with van der Waals surface area (Å²) in [6.07, 6.45) is 7.96. The smallest absolute Gasteiger partial charge is 0.161 e. The number of fused-ring (bicyclic) bond motifs is 1. The number of hydrogen-bond donors (Lipinski definition) is 1. The van der Waals surface area contributed by atoms with Crippen molar-refractivity contribution in [2.45, 2.75) is 31.6 Å². The molecule has 108 valence electrons. The molecule has 1 aromatic rings. The Morgan fingerprint density at radius 3 is 2.60 bits per heavy atom. The highest BCUT2D eigenvalue weighted by Gasteiger charge is 2.33. The monoisotopic (exact) mass is 273 g/mol. The third-order valence-corrected chi connectivity index (χ3v) is 4.23. The fourth-order valence-corrected chi connectivity index (χ4v) is 3.06. The van der Waals surface area contributed by atoms with Crippen LogP contribution in [0.25, 0.3) is 0 Å². The minimum Gasteiger partial charge on any atom is -0.486 e. The van der Waals surface area contributed by atoms with Crippen LogP contribution >= 0.6 is 0 Å². The van der Waals surface area contributed by atoms with E-state index in [0.29, 0.717) is 13.2 Å². The van der Waals surface area contributed by atoms with Gasteiger partial charge in [-0.05, 0) is 43.5 Å². The van der Waals surface area contributed by atoms with Gasteiger partial charge in [-0.25, -0.2) is 0 Å². The number of rotatable bonds is 5. The summed E-state index contributed by atoms with van der Waals surface area (Å²) in [7, 11) is 0. The summed E-state index contributed by atoms with van der Waals surface area (Å²) in [4.78, 5) is 0. The van der Waals surface area contributed by atoms with Crippen LogP contribution in [0.3, 0.4) is 0 Å². The maximum absolute atomic E-state index is 5.73. The van der Waals surface area contributed by atoms with Crippen LogP contribution in [0.4, 0.5) is 0 Å². The molecule has 0 atom stereocenters. The summed E-state index contributed by atoms with van der Waals surface area (Å²) >= 11 is 0. The predicted molar refractivity (Wildman–Crippen MR) is 80.6 cm³/mol. The topological polar surface area (TPSA) is 30.5 Å². The van der Waals surface area contributed by atoms with Crippen LogP contribution in [0.1, 0.15) is 31.7 Å². The SMILES string of the molecule is CCCNCC1(c2ccc3c(c2)OCCO3)CC=CC1. The molecule has 1 N–H and O–H groups in total. The van der Waals surface area contributed by atoms with Gasteiger partial charge in [-0.1, -0.05) is 25.1 Å². The highest BCUT2D eigenvalue weighted by atomic mass is 16.6. The molecule has 3 nitrogen and oxygen atoms in total. The first kappa shape index (κ1) is 13.5. The second kappa shape index (κ2) is 5.88. The van der Waals surface area contributed by atoms with Gasteiger partial charge >= 0.3 is 0 Å². The van der Waals surface area contributed by atoms with E-state index >= 15 is 0 Å². The molecule has 2 aliphatic rings. The summed E-state index contributed by atoms with van der Waals surface area (Å²) in [5.41, 5.74) is 1.54. The van der Waals surface area contributed by atoms with Crippen molar-refractivity contribution in [3.05, 3.63) is 35.9 Å². The van der Waals surface area contributed by atoms with Gasteiger partial charge in [0.1, 0.15) is 13.2 Å². The van der Waals surface area contributed by atoms with E-state index < -0.39 is 0 Å². The van der Waals surface area contributed by atoms with Crippen molar-refractivity contribution >= 4 is 0 Å². The Balaban J connectivity index is 1.83. The van der Waals surface area contributed by atoms with E-state index in [4.69, 9.17) is 9.47 Å². The molecule has 0 bridgehead atoms. The molecule has 3 heteroatoms. The van der Waals surface area contributed by atoms with E-state index in [2.05, 4.69) is 42.6 Å². The number of allylic oxidation sites excluding steroid dienone is 2. The molecule has 20 heavy (non-hydrogen) atoms. The molecule has 0 spiro atoms. The van der Waals surface area contributed by atoms with E-state index in [-0.39, 0.29) is 5.41 Å². The van der Waals surface area contributed by atoms with E-state index in [1.807, 2.05) is 0 Å². The first-order valence-corrected chi connectivity index (χ1v) is 7.60. The molecule has 0 fully saturated rings. The van der Waals surface area contributed by atoms with Gasteiger partial charge < -0.3 is 14.8 Å². The highest BCUT2D eigenvalue weighted by molar-refractivity contribution is 5.47. The first-order chi connectivity index (χ1) is 9.84.